The fourth-order valence-corrected chi connectivity index (χ4v) is 2.74. The van der Waals surface area contributed by atoms with Crippen LogP contribution in [0.1, 0.15) is 28.4 Å². The Balaban J connectivity index is 2.38. The number of aromatic nitrogens is 1. The monoisotopic (exact) mass is 317 g/mol. The molecule has 0 radical (unpaired) electrons. The van der Waals surface area contributed by atoms with Crippen LogP contribution in [0.3, 0.4) is 0 Å². The van der Waals surface area contributed by atoms with Crippen molar-refractivity contribution in [1.29, 1.82) is 0 Å². The Morgan fingerprint density at radius 3 is 2.67 bits per heavy atom. The van der Waals surface area contributed by atoms with Crippen LogP contribution in [0.2, 0.25) is 0 Å². The highest BCUT2D eigenvalue weighted by Crippen LogP contribution is 2.37. The molecule has 1 aromatic carbocycles. The van der Waals surface area contributed by atoms with Gasteiger partial charge in [0.05, 0.1) is 12.6 Å². The van der Waals surface area contributed by atoms with Gasteiger partial charge in [-0.15, -0.1) is 11.3 Å². The molecule has 1 atom stereocenters. The molecule has 0 saturated heterocycles. The molecule has 4 nitrogen and oxygen atoms in total. The van der Waals surface area contributed by atoms with Crippen molar-refractivity contribution in [2.24, 2.45) is 5.84 Å². The van der Waals surface area contributed by atoms with Gasteiger partial charge in [-0.1, -0.05) is 18.2 Å². The van der Waals surface area contributed by atoms with Gasteiger partial charge in [0.2, 0.25) is 0 Å². The average molecular weight is 317 g/mol. The van der Waals surface area contributed by atoms with Crippen LogP contribution in [0.25, 0.3) is 0 Å². The van der Waals surface area contributed by atoms with E-state index in [0.717, 1.165) is 0 Å². The molecule has 0 saturated carbocycles. The number of hydrazine groups is 1. The Bertz CT molecular complexity index is 600. The van der Waals surface area contributed by atoms with E-state index < -0.39 is 17.2 Å². The maximum atomic E-state index is 12.6. The first-order chi connectivity index (χ1) is 9.97. The first-order valence-corrected chi connectivity index (χ1v) is 6.99. The van der Waals surface area contributed by atoms with Crippen LogP contribution >= 0.6 is 11.3 Å². The topological polar surface area (TPSA) is 60.2 Å². The minimum Gasteiger partial charge on any atom is -0.494 e. The van der Waals surface area contributed by atoms with Crippen molar-refractivity contribution in [3.63, 3.8) is 0 Å². The molecule has 1 aromatic heterocycles. The number of para-hydroxylation sites is 1. The quantitative estimate of drug-likeness (QED) is 0.657. The number of alkyl halides is 3. The number of halogens is 3. The smallest absolute Gasteiger partial charge is 0.443 e. The van der Waals surface area contributed by atoms with Gasteiger partial charge in [-0.2, -0.15) is 13.2 Å². The number of ether oxygens (including phenoxy) is 1. The number of nitrogens with two attached hydrogens (primary N) is 1. The van der Waals surface area contributed by atoms with E-state index in [1.54, 1.807) is 24.3 Å². The van der Waals surface area contributed by atoms with E-state index in [-0.39, 0.29) is 0 Å². The van der Waals surface area contributed by atoms with Gasteiger partial charge in [0.1, 0.15) is 5.75 Å². The molecule has 0 aliphatic carbocycles. The summed E-state index contributed by atoms with van der Waals surface area (Å²) in [7, 11) is 0. The summed E-state index contributed by atoms with van der Waals surface area (Å²) in [4.78, 5) is 3.79. The SMILES string of the molecule is CCOc1ccccc1C(NN)c1cnc(C(F)(F)F)s1. The van der Waals surface area contributed by atoms with Gasteiger partial charge in [0.25, 0.3) is 0 Å². The summed E-state index contributed by atoms with van der Waals surface area (Å²) in [5.74, 6) is 6.09. The molecular weight excluding hydrogens is 303 g/mol. The van der Waals surface area contributed by atoms with Crippen molar-refractivity contribution in [2.45, 2.75) is 19.1 Å². The maximum absolute atomic E-state index is 12.6. The second-order valence-electron chi connectivity index (χ2n) is 4.14. The second-order valence-corrected chi connectivity index (χ2v) is 5.20. The molecule has 2 rings (SSSR count). The van der Waals surface area contributed by atoms with Gasteiger partial charge >= 0.3 is 6.18 Å². The van der Waals surface area contributed by atoms with Crippen LogP contribution in [-0.4, -0.2) is 11.6 Å². The number of rotatable bonds is 5. The number of thiazole rings is 1. The molecule has 8 heteroatoms. The molecular formula is C13H14F3N3OS. The zero-order valence-corrected chi connectivity index (χ0v) is 12.0. The van der Waals surface area contributed by atoms with Crippen molar-refractivity contribution in [2.75, 3.05) is 6.61 Å². The highest BCUT2D eigenvalue weighted by Gasteiger charge is 2.35. The Hall–Kier alpha value is -1.64. The first-order valence-electron chi connectivity index (χ1n) is 6.18. The molecule has 1 unspecified atom stereocenters. The normalized spacial score (nSPS) is 13.2. The molecule has 0 fully saturated rings. The lowest BCUT2D eigenvalue weighted by atomic mass is 10.1. The summed E-state index contributed by atoms with van der Waals surface area (Å²) in [5.41, 5.74) is 3.19. The number of benzene rings is 1. The van der Waals surface area contributed by atoms with Crippen molar-refractivity contribution in [3.8, 4) is 5.75 Å². The fraction of sp³-hybridized carbons (Fsp3) is 0.308. The third kappa shape index (κ3) is 3.52. The van der Waals surface area contributed by atoms with Crippen molar-refractivity contribution >= 4 is 11.3 Å². The average Bonchev–Trinajstić information content (AvgIpc) is 2.91. The van der Waals surface area contributed by atoms with Gasteiger partial charge in [0, 0.05) is 16.6 Å². The number of hydrogen-bond donors (Lipinski definition) is 2. The lowest BCUT2D eigenvalue weighted by Crippen LogP contribution is -2.28. The Labute approximate surface area is 123 Å². The van der Waals surface area contributed by atoms with Gasteiger partial charge in [0.15, 0.2) is 5.01 Å². The van der Waals surface area contributed by atoms with E-state index >= 15 is 0 Å². The third-order valence-electron chi connectivity index (χ3n) is 2.75. The molecule has 0 spiro atoms. The zero-order chi connectivity index (χ0) is 15.5. The standard InChI is InChI=1S/C13H14F3N3OS/c1-2-20-9-6-4-3-5-8(9)11(19-17)10-7-18-12(21-10)13(14,15)16/h3-7,11,19H,2,17H2,1H3. The summed E-state index contributed by atoms with van der Waals surface area (Å²) in [6.45, 7) is 2.28. The number of nitrogens with zero attached hydrogens (tertiary/aromatic N) is 1. The molecule has 3 N–H and O–H groups in total. The van der Waals surface area contributed by atoms with E-state index in [2.05, 4.69) is 10.4 Å². The van der Waals surface area contributed by atoms with Crippen LogP contribution in [0.5, 0.6) is 5.75 Å². The van der Waals surface area contributed by atoms with E-state index in [0.29, 0.717) is 34.1 Å². The number of hydrogen-bond acceptors (Lipinski definition) is 5. The lowest BCUT2D eigenvalue weighted by molar-refractivity contribution is -0.137. The summed E-state index contributed by atoms with van der Waals surface area (Å²) in [6, 6.07) is 6.45. The van der Waals surface area contributed by atoms with Crippen molar-refractivity contribution in [1.82, 2.24) is 10.4 Å². The lowest BCUT2D eigenvalue weighted by Gasteiger charge is -2.18. The predicted molar refractivity (Wildman–Crippen MR) is 73.9 cm³/mol. The van der Waals surface area contributed by atoms with Crippen LogP contribution in [-0.2, 0) is 6.18 Å². The van der Waals surface area contributed by atoms with Gasteiger partial charge in [-0.05, 0) is 13.0 Å². The second kappa shape index (κ2) is 6.42. The van der Waals surface area contributed by atoms with Crippen molar-refractivity contribution in [3.05, 3.63) is 45.9 Å². The molecule has 1 heterocycles. The molecule has 0 aliphatic rings. The highest BCUT2D eigenvalue weighted by atomic mass is 32.1. The first kappa shape index (κ1) is 15.7. The van der Waals surface area contributed by atoms with Crippen LogP contribution in [0.4, 0.5) is 13.2 Å². The Morgan fingerprint density at radius 1 is 1.38 bits per heavy atom. The minimum atomic E-state index is -4.46. The number of nitrogens with one attached hydrogen (secondary N) is 1. The predicted octanol–water partition coefficient (Wildman–Crippen LogP) is 3.11. The van der Waals surface area contributed by atoms with Crippen molar-refractivity contribution < 1.29 is 17.9 Å². The zero-order valence-electron chi connectivity index (χ0n) is 11.1. The molecule has 21 heavy (non-hydrogen) atoms. The van der Waals surface area contributed by atoms with Gasteiger partial charge in [-0.25, -0.2) is 10.4 Å². The van der Waals surface area contributed by atoms with E-state index in [4.69, 9.17) is 10.6 Å². The van der Waals surface area contributed by atoms with Crippen LogP contribution in [0.15, 0.2) is 30.5 Å². The Morgan fingerprint density at radius 2 is 2.10 bits per heavy atom. The van der Waals surface area contributed by atoms with Gasteiger partial charge < -0.3 is 4.74 Å². The van der Waals surface area contributed by atoms with E-state index in [1.807, 2.05) is 6.92 Å². The summed E-state index contributed by atoms with van der Waals surface area (Å²) in [6.07, 6.45) is -3.28. The van der Waals surface area contributed by atoms with Crippen LogP contribution < -0.4 is 16.0 Å². The molecule has 0 amide bonds. The summed E-state index contributed by atoms with van der Waals surface area (Å²) >= 11 is 0.560. The largest absolute Gasteiger partial charge is 0.494 e. The fourth-order valence-electron chi connectivity index (χ4n) is 1.88. The molecule has 0 aliphatic heterocycles. The summed E-state index contributed by atoms with van der Waals surface area (Å²) < 4.78 is 43.4. The van der Waals surface area contributed by atoms with Gasteiger partial charge in [-0.3, -0.25) is 5.84 Å². The van der Waals surface area contributed by atoms with E-state index in [9.17, 15) is 13.2 Å². The third-order valence-corrected chi connectivity index (χ3v) is 3.85. The molecule has 2 aromatic rings. The summed E-state index contributed by atoms with van der Waals surface area (Å²) in [5, 5.41) is -0.897. The maximum Gasteiger partial charge on any atom is 0.443 e. The van der Waals surface area contributed by atoms with Crippen LogP contribution in [0, 0.1) is 0 Å². The minimum absolute atomic E-state index is 0.372. The molecule has 0 bridgehead atoms. The molecule has 114 valence electrons. The highest BCUT2D eigenvalue weighted by molar-refractivity contribution is 7.11. The Kier molecular flexibility index (Phi) is 4.81. The van der Waals surface area contributed by atoms with E-state index in [1.165, 1.54) is 6.20 Å².